The normalized spacial score (nSPS) is 11.9. The Morgan fingerprint density at radius 3 is 2.71 bits per heavy atom. The van der Waals surface area contributed by atoms with Crippen molar-refractivity contribution in [2.45, 2.75) is 26.8 Å². The van der Waals surface area contributed by atoms with Crippen molar-refractivity contribution >= 4 is 11.8 Å². The topological polar surface area (TPSA) is 72.2 Å². The SMILES string of the molecule is CC[C@@H](C)C(=O)NCc1cccc(C(N)=O)c1. The van der Waals surface area contributed by atoms with Crippen molar-refractivity contribution in [1.82, 2.24) is 5.32 Å². The Morgan fingerprint density at radius 1 is 1.41 bits per heavy atom. The van der Waals surface area contributed by atoms with Crippen molar-refractivity contribution in [1.29, 1.82) is 0 Å². The van der Waals surface area contributed by atoms with Crippen LogP contribution in [0, 0.1) is 5.92 Å². The number of primary amides is 1. The largest absolute Gasteiger partial charge is 0.366 e. The molecule has 0 aliphatic carbocycles. The van der Waals surface area contributed by atoms with Crippen LogP contribution in [0.1, 0.15) is 36.2 Å². The van der Waals surface area contributed by atoms with Crippen LogP contribution in [0.25, 0.3) is 0 Å². The summed E-state index contributed by atoms with van der Waals surface area (Å²) in [4.78, 5) is 22.5. The van der Waals surface area contributed by atoms with Crippen LogP contribution in [-0.2, 0) is 11.3 Å². The highest BCUT2D eigenvalue weighted by molar-refractivity contribution is 5.92. The second-order valence-corrected chi connectivity index (χ2v) is 4.09. The van der Waals surface area contributed by atoms with Crippen LogP contribution in [0.15, 0.2) is 24.3 Å². The van der Waals surface area contributed by atoms with Gasteiger partial charge in [0.05, 0.1) is 0 Å². The fourth-order valence-corrected chi connectivity index (χ4v) is 1.38. The summed E-state index contributed by atoms with van der Waals surface area (Å²) in [6, 6.07) is 6.95. The minimum atomic E-state index is -0.458. The fourth-order valence-electron chi connectivity index (χ4n) is 1.38. The molecule has 4 nitrogen and oxygen atoms in total. The van der Waals surface area contributed by atoms with Crippen LogP contribution in [0.5, 0.6) is 0 Å². The highest BCUT2D eigenvalue weighted by atomic mass is 16.2. The van der Waals surface area contributed by atoms with Gasteiger partial charge in [0.1, 0.15) is 0 Å². The maximum atomic E-state index is 11.6. The van der Waals surface area contributed by atoms with Crippen LogP contribution >= 0.6 is 0 Å². The molecule has 0 spiro atoms. The predicted molar refractivity (Wildman–Crippen MR) is 66.3 cm³/mol. The smallest absolute Gasteiger partial charge is 0.248 e. The summed E-state index contributed by atoms with van der Waals surface area (Å²) in [5.41, 5.74) is 6.51. The number of hydrogen-bond acceptors (Lipinski definition) is 2. The lowest BCUT2D eigenvalue weighted by molar-refractivity contribution is -0.124. The number of amides is 2. The van der Waals surface area contributed by atoms with E-state index in [-0.39, 0.29) is 11.8 Å². The monoisotopic (exact) mass is 234 g/mol. The molecule has 0 saturated heterocycles. The number of carbonyl (C=O) groups excluding carboxylic acids is 2. The molecule has 0 aromatic heterocycles. The van der Waals surface area contributed by atoms with Crippen molar-refractivity contribution in [3.8, 4) is 0 Å². The van der Waals surface area contributed by atoms with Gasteiger partial charge in [0.15, 0.2) is 0 Å². The van der Waals surface area contributed by atoms with E-state index in [1.165, 1.54) is 0 Å². The number of benzene rings is 1. The number of rotatable bonds is 5. The Bertz CT molecular complexity index is 416. The van der Waals surface area contributed by atoms with Crippen molar-refractivity contribution in [2.24, 2.45) is 11.7 Å². The molecular weight excluding hydrogens is 216 g/mol. The Hall–Kier alpha value is -1.84. The molecule has 0 bridgehead atoms. The standard InChI is InChI=1S/C13H18N2O2/c1-3-9(2)13(17)15-8-10-5-4-6-11(7-10)12(14)16/h4-7,9H,3,8H2,1-2H3,(H2,14,16)(H,15,17)/t9-/m1/s1. The van der Waals surface area contributed by atoms with E-state index in [0.717, 1.165) is 12.0 Å². The average Bonchev–Trinajstić information content (AvgIpc) is 2.35. The molecule has 3 N–H and O–H groups in total. The molecule has 17 heavy (non-hydrogen) atoms. The van der Waals surface area contributed by atoms with Gasteiger partial charge in [0, 0.05) is 18.0 Å². The van der Waals surface area contributed by atoms with Gasteiger partial charge in [0.25, 0.3) is 0 Å². The van der Waals surface area contributed by atoms with Gasteiger partial charge >= 0.3 is 0 Å². The zero-order valence-electron chi connectivity index (χ0n) is 10.2. The van der Waals surface area contributed by atoms with E-state index in [1.54, 1.807) is 18.2 Å². The Balaban J connectivity index is 2.60. The van der Waals surface area contributed by atoms with Crippen molar-refractivity contribution < 1.29 is 9.59 Å². The third-order valence-corrected chi connectivity index (χ3v) is 2.74. The Morgan fingerprint density at radius 2 is 2.12 bits per heavy atom. The van der Waals surface area contributed by atoms with Crippen LogP contribution in [0.4, 0.5) is 0 Å². The predicted octanol–water partition coefficient (Wildman–Crippen LogP) is 1.45. The van der Waals surface area contributed by atoms with Gasteiger partial charge in [-0.05, 0) is 24.1 Å². The molecule has 92 valence electrons. The molecule has 1 aromatic rings. The summed E-state index contributed by atoms with van der Waals surface area (Å²) in [7, 11) is 0. The second kappa shape index (κ2) is 6.03. The molecule has 1 atom stereocenters. The summed E-state index contributed by atoms with van der Waals surface area (Å²) in [6.07, 6.45) is 0.813. The van der Waals surface area contributed by atoms with Gasteiger partial charge in [-0.2, -0.15) is 0 Å². The minimum absolute atomic E-state index is 0.00863. The van der Waals surface area contributed by atoms with E-state index in [4.69, 9.17) is 5.73 Å². The first-order valence-electron chi connectivity index (χ1n) is 5.71. The molecule has 4 heteroatoms. The molecule has 0 unspecified atom stereocenters. The van der Waals surface area contributed by atoms with Crippen molar-refractivity contribution in [3.05, 3.63) is 35.4 Å². The molecule has 0 aliphatic heterocycles. The van der Waals surface area contributed by atoms with Crippen molar-refractivity contribution in [2.75, 3.05) is 0 Å². The highest BCUT2D eigenvalue weighted by Gasteiger charge is 2.09. The molecule has 1 rings (SSSR count). The molecule has 0 heterocycles. The van der Waals surface area contributed by atoms with E-state index in [0.29, 0.717) is 12.1 Å². The quantitative estimate of drug-likeness (QED) is 0.809. The summed E-state index contributed by atoms with van der Waals surface area (Å²) in [5.74, 6) is -0.425. The number of nitrogens with two attached hydrogens (primary N) is 1. The van der Waals surface area contributed by atoms with Gasteiger partial charge in [-0.3, -0.25) is 9.59 Å². The minimum Gasteiger partial charge on any atom is -0.366 e. The third kappa shape index (κ3) is 3.90. The third-order valence-electron chi connectivity index (χ3n) is 2.74. The molecule has 0 saturated carbocycles. The fraction of sp³-hybridized carbons (Fsp3) is 0.385. The second-order valence-electron chi connectivity index (χ2n) is 4.09. The first kappa shape index (κ1) is 13.2. The van der Waals surface area contributed by atoms with Gasteiger partial charge in [-0.1, -0.05) is 26.0 Å². The number of carbonyl (C=O) groups is 2. The summed E-state index contributed by atoms with van der Waals surface area (Å²) in [6.45, 7) is 4.28. The van der Waals surface area contributed by atoms with E-state index >= 15 is 0 Å². The average molecular weight is 234 g/mol. The van der Waals surface area contributed by atoms with Crippen LogP contribution in [0.2, 0.25) is 0 Å². The zero-order chi connectivity index (χ0) is 12.8. The molecular formula is C13H18N2O2. The van der Waals surface area contributed by atoms with E-state index in [2.05, 4.69) is 5.32 Å². The first-order chi connectivity index (χ1) is 8.04. The lowest BCUT2D eigenvalue weighted by Crippen LogP contribution is -2.28. The number of nitrogens with one attached hydrogen (secondary N) is 1. The van der Waals surface area contributed by atoms with Crippen LogP contribution in [-0.4, -0.2) is 11.8 Å². The Labute approximate surface area is 101 Å². The zero-order valence-corrected chi connectivity index (χ0v) is 10.2. The van der Waals surface area contributed by atoms with Gasteiger partial charge in [0.2, 0.25) is 11.8 Å². The van der Waals surface area contributed by atoms with E-state index in [1.807, 2.05) is 19.9 Å². The number of hydrogen-bond donors (Lipinski definition) is 2. The lowest BCUT2D eigenvalue weighted by Gasteiger charge is -2.10. The maximum absolute atomic E-state index is 11.6. The van der Waals surface area contributed by atoms with Crippen LogP contribution in [0.3, 0.4) is 0 Å². The van der Waals surface area contributed by atoms with Crippen LogP contribution < -0.4 is 11.1 Å². The summed E-state index contributed by atoms with van der Waals surface area (Å²) < 4.78 is 0. The Kier molecular flexibility index (Phi) is 4.69. The first-order valence-corrected chi connectivity index (χ1v) is 5.71. The van der Waals surface area contributed by atoms with E-state index in [9.17, 15) is 9.59 Å². The molecule has 0 fully saturated rings. The molecule has 1 aromatic carbocycles. The van der Waals surface area contributed by atoms with Gasteiger partial charge in [-0.15, -0.1) is 0 Å². The lowest BCUT2D eigenvalue weighted by atomic mass is 10.1. The van der Waals surface area contributed by atoms with E-state index < -0.39 is 5.91 Å². The summed E-state index contributed by atoms with van der Waals surface area (Å²) >= 11 is 0. The van der Waals surface area contributed by atoms with Crippen molar-refractivity contribution in [3.63, 3.8) is 0 Å². The highest BCUT2D eigenvalue weighted by Crippen LogP contribution is 2.06. The maximum Gasteiger partial charge on any atom is 0.248 e. The van der Waals surface area contributed by atoms with Gasteiger partial charge in [-0.25, -0.2) is 0 Å². The molecule has 0 radical (unpaired) electrons. The summed E-state index contributed by atoms with van der Waals surface area (Å²) in [5, 5.41) is 2.82. The molecule has 2 amide bonds. The molecule has 0 aliphatic rings. The van der Waals surface area contributed by atoms with Gasteiger partial charge < -0.3 is 11.1 Å².